The number of fused-ring (bicyclic) bond motifs is 4. The predicted molar refractivity (Wildman–Crippen MR) is 468 cm³/mol. The maximum Gasteiger partial charge on any atom is 0.276 e. The van der Waals surface area contributed by atoms with Crippen LogP contribution in [0.1, 0.15) is 117 Å². The van der Waals surface area contributed by atoms with Gasteiger partial charge in [0.15, 0.2) is 22.8 Å². The van der Waals surface area contributed by atoms with Crippen LogP contribution in [-0.4, -0.2) is 183 Å². The molecule has 33 nitrogen and oxygen atoms in total. The zero-order valence-corrected chi connectivity index (χ0v) is 68.1. The van der Waals surface area contributed by atoms with Crippen molar-refractivity contribution in [3.63, 3.8) is 0 Å². The second-order valence-corrected chi connectivity index (χ2v) is 28.9. The molecule has 0 unspecified atom stereocenters. The fourth-order valence-electron chi connectivity index (χ4n) is 13.6. The lowest BCUT2D eigenvalue weighted by Crippen LogP contribution is -2.29. The van der Waals surface area contributed by atoms with Crippen molar-refractivity contribution in [1.29, 1.82) is 0 Å². The van der Waals surface area contributed by atoms with Crippen LogP contribution < -0.4 is 36.8 Å². The molecule has 0 spiro atoms. The molecular weight excluding hydrogens is 1530 g/mol. The lowest BCUT2D eigenvalue weighted by atomic mass is 10.0. The van der Waals surface area contributed by atoms with Gasteiger partial charge in [0.1, 0.15) is 23.3 Å². The van der Waals surface area contributed by atoms with Crippen LogP contribution in [0.25, 0.3) is 88.1 Å². The van der Waals surface area contributed by atoms with Gasteiger partial charge in [0.2, 0.25) is 0 Å². The molecule has 10 N–H and O–H groups in total. The highest BCUT2D eigenvalue weighted by atomic mass is 16.5. The number of rotatable bonds is 18. The zero-order valence-electron chi connectivity index (χ0n) is 68.1. The van der Waals surface area contributed by atoms with Crippen LogP contribution in [-0.2, 0) is 11.3 Å². The van der Waals surface area contributed by atoms with Gasteiger partial charge < -0.3 is 46.4 Å². The molecule has 16 aromatic rings. The van der Waals surface area contributed by atoms with E-state index in [2.05, 4.69) is 155 Å². The molecule has 0 saturated carbocycles. The summed E-state index contributed by atoms with van der Waals surface area (Å²) in [7, 11) is 4.04. The fraction of sp³-hybridized carbons (Fsp3) is 0.227. The number of benzene rings is 4. The number of nitrogens with zero attached hydrogens (tertiary/aromatic N) is 19. The highest BCUT2D eigenvalue weighted by Gasteiger charge is 2.23. The Bertz CT molecular complexity index is 6280. The summed E-state index contributed by atoms with van der Waals surface area (Å²) in [5.74, 6) is 1.29. The summed E-state index contributed by atoms with van der Waals surface area (Å²) >= 11 is 0. The van der Waals surface area contributed by atoms with Crippen LogP contribution >= 0.6 is 0 Å². The molecule has 4 aromatic carbocycles. The lowest BCUT2D eigenvalue weighted by Gasteiger charge is -2.28. The zero-order chi connectivity index (χ0) is 84.3. The Morgan fingerprint density at radius 3 is 0.950 bits per heavy atom. The van der Waals surface area contributed by atoms with Crippen molar-refractivity contribution in [2.75, 3.05) is 90.3 Å². The number of hydrogen-bond acceptors (Lipinski definition) is 25. The van der Waals surface area contributed by atoms with Gasteiger partial charge in [0.25, 0.3) is 23.6 Å². The first-order valence-corrected chi connectivity index (χ1v) is 39.5. The van der Waals surface area contributed by atoms with E-state index >= 15 is 0 Å². The molecule has 121 heavy (non-hydrogen) atoms. The molecule has 0 radical (unpaired) electrons. The number of aromatic nitrogens is 20. The minimum Gasteiger partial charge on any atom is -0.397 e. The standard InChI is InChI=1S/C23H23N7O.C22H21N7O.C21H21N7O.C18H15N7O.C4H10O/c1-15-25-12-18(13-26-15)27-23(31)22-20-10-16(5-6-21(20)28-29-22)17-9-19(14-24-11-17)30-7-3-2-4-8-30;1-14-24-11-17(12-25-14)26-22(30)21-19-9-15(4-5-20(19)27-28-21)16-8-18(13-23-10-16)29-6-2-3-7-29;1-13-23-10-17(11-24-13)25-21(29)20-18-7-15(4-5-19(18)26-27-20)16-6-14(8-22-9-16)12-28(2)3;1-10-21-8-14(9-22-10)23-18(26)17-15-5-11(2-3-16(15)24-25-17)12-4-13(19)7-20-6-12;1-3-5-4-2/h5-6,9-14H,2-4,7-8H2,1H3,(H,27,31)(H,28,29);4-5,8-13H,2-3,6-7H2,1H3,(H,26,30)(H,27,28);4-11H,12H2,1-3H3,(H,25,29)(H,26,27);2-9H,19H2,1H3,(H,23,26)(H,24,25);3-4H2,1-2H3. The molecule has 2 aliphatic heterocycles. The van der Waals surface area contributed by atoms with E-state index in [9.17, 15) is 19.2 Å². The quantitative estimate of drug-likeness (QED) is 0.0385. The Morgan fingerprint density at radius 1 is 0.364 bits per heavy atom. The van der Waals surface area contributed by atoms with E-state index in [0.717, 1.165) is 146 Å². The number of nitrogens with two attached hydrogens (primary N) is 1. The molecule has 0 atom stereocenters. The van der Waals surface area contributed by atoms with Gasteiger partial charge in [-0.3, -0.25) is 59.5 Å². The average Bonchev–Trinajstić information content (AvgIpc) is 1.68. The number of piperidine rings is 1. The number of hydrogen-bond donors (Lipinski definition) is 9. The van der Waals surface area contributed by atoms with Crippen LogP contribution in [0.5, 0.6) is 0 Å². The van der Waals surface area contributed by atoms with Crippen molar-refractivity contribution >= 4 is 107 Å². The Morgan fingerprint density at radius 2 is 0.653 bits per heavy atom. The first kappa shape index (κ1) is 82.4. The number of nitrogen functional groups attached to an aromatic ring is 1. The van der Waals surface area contributed by atoms with Gasteiger partial charge in [0.05, 0.1) is 124 Å². The number of pyridine rings is 4. The first-order valence-electron chi connectivity index (χ1n) is 39.5. The lowest BCUT2D eigenvalue weighted by molar-refractivity contribution is 0.101. The maximum absolute atomic E-state index is 12.8. The molecule has 33 heteroatoms. The summed E-state index contributed by atoms with van der Waals surface area (Å²) in [6, 6.07) is 31.7. The van der Waals surface area contributed by atoms with E-state index in [-0.39, 0.29) is 23.6 Å². The molecule has 14 heterocycles. The third-order valence-corrected chi connectivity index (χ3v) is 19.7. The van der Waals surface area contributed by atoms with Crippen LogP contribution in [0.2, 0.25) is 0 Å². The van der Waals surface area contributed by atoms with Gasteiger partial charge >= 0.3 is 0 Å². The Labute approximate surface area is 695 Å². The molecule has 4 amide bonds. The molecule has 2 saturated heterocycles. The second-order valence-electron chi connectivity index (χ2n) is 28.9. The van der Waals surface area contributed by atoms with Crippen molar-refractivity contribution < 1.29 is 23.9 Å². The van der Waals surface area contributed by atoms with Crippen molar-refractivity contribution in [3.8, 4) is 44.5 Å². The summed E-state index contributed by atoms with van der Waals surface area (Å²) in [6.45, 7) is 17.9. The number of H-pyrrole nitrogens is 4. The molecule has 18 rings (SSSR count). The van der Waals surface area contributed by atoms with Crippen molar-refractivity contribution in [2.45, 2.75) is 80.2 Å². The Kier molecular flexibility index (Phi) is 26.4. The summed E-state index contributed by atoms with van der Waals surface area (Å²) < 4.78 is 4.83. The molecular formula is C88H90N28O5. The van der Waals surface area contributed by atoms with Crippen LogP contribution in [0.4, 0.5) is 39.8 Å². The largest absolute Gasteiger partial charge is 0.397 e. The van der Waals surface area contributed by atoms with Crippen LogP contribution in [0.3, 0.4) is 0 Å². The van der Waals surface area contributed by atoms with Crippen molar-refractivity contribution in [1.82, 2.24) is 105 Å². The normalized spacial score (nSPS) is 12.3. The molecule has 2 aliphatic rings. The number of aromatic amines is 4. The topological polar surface area (TPSA) is 431 Å². The number of nitrogens with one attached hydrogen (secondary N) is 8. The third kappa shape index (κ3) is 21.0. The van der Waals surface area contributed by atoms with E-state index < -0.39 is 0 Å². The van der Waals surface area contributed by atoms with E-state index in [1.54, 1.807) is 89.7 Å². The number of amides is 4. The SMILES string of the molecule is CCOCC.Cc1ncc(NC(=O)c2n[nH]c3ccc(-c4cncc(CN(C)C)c4)cc23)cn1.Cc1ncc(NC(=O)c2n[nH]c3ccc(-c4cncc(N)c4)cc23)cn1.Cc1ncc(NC(=O)c2n[nH]c3ccc(-c4cncc(N5CCCC5)c4)cc23)cn1.Cc1ncc(NC(=O)c2n[nH]c3ccc(-c4cncc(N5CCCCC5)c4)cc23)cn1. The Balaban J connectivity index is 0.000000130. The average molecular weight is 1620 g/mol. The van der Waals surface area contributed by atoms with Crippen LogP contribution in [0.15, 0.2) is 196 Å². The number of ether oxygens (including phenoxy) is 1. The van der Waals surface area contributed by atoms with Crippen LogP contribution in [0, 0.1) is 27.7 Å². The highest BCUT2D eigenvalue weighted by molar-refractivity contribution is 6.14. The number of anilines is 7. The number of carbonyl (C=O) groups excluding carboxylic acids is 4. The molecule has 12 aromatic heterocycles. The maximum atomic E-state index is 12.8. The molecule has 0 bridgehead atoms. The Hall–Kier alpha value is -15.1. The number of aryl methyl sites for hydroxylation is 4. The molecule has 0 aliphatic carbocycles. The molecule has 612 valence electrons. The van der Waals surface area contributed by atoms with Gasteiger partial charge in [-0.05, 0) is 188 Å². The van der Waals surface area contributed by atoms with E-state index in [4.69, 9.17) is 10.5 Å². The summed E-state index contributed by atoms with van der Waals surface area (Å²) in [5, 5.41) is 42.6. The van der Waals surface area contributed by atoms with Crippen molar-refractivity contribution in [3.05, 3.63) is 248 Å². The van der Waals surface area contributed by atoms with E-state index in [0.29, 0.717) is 79.9 Å². The van der Waals surface area contributed by atoms with Gasteiger partial charge in [-0.15, -0.1) is 0 Å². The van der Waals surface area contributed by atoms with Gasteiger partial charge in [-0.25, -0.2) is 39.9 Å². The second kappa shape index (κ2) is 38.8. The van der Waals surface area contributed by atoms with Gasteiger partial charge in [-0.1, -0.05) is 24.3 Å². The summed E-state index contributed by atoms with van der Waals surface area (Å²) in [5.41, 5.74) is 24.0. The van der Waals surface area contributed by atoms with Crippen molar-refractivity contribution in [2.24, 2.45) is 0 Å². The minimum atomic E-state index is -0.341. The fourth-order valence-corrected chi connectivity index (χ4v) is 13.6. The van der Waals surface area contributed by atoms with Gasteiger partial charge in [0, 0.05) is 127 Å². The van der Waals surface area contributed by atoms with E-state index in [1.165, 1.54) is 32.1 Å². The highest BCUT2D eigenvalue weighted by Crippen LogP contribution is 2.34. The summed E-state index contributed by atoms with van der Waals surface area (Å²) in [4.78, 5) is 108. The third-order valence-electron chi connectivity index (χ3n) is 19.7. The molecule has 2 fully saturated rings. The van der Waals surface area contributed by atoms with Gasteiger partial charge in [-0.2, -0.15) is 20.4 Å². The predicted octanol–water partition coefficient (Wildman–Crippen LogP) is 14.2. The first-order chi connectivity index (χ1) is 58.8. The van der Waals surface area contributed by atoms with E-state index in [1.807, 2.05) is 144 Å². The monoisotopic (exact) mass is 1620 g/mol. The minimum absolute atomic E-state index is 0.291. The smallest absolute Gasteiger partial charge is 0.276 e. The summed E-state index contributed by atoms with van der Waals surface area (Å²) in [6.07, 6.45) is 33.3. The number of carbonyl (C=O) groups is 4.